The zero-order valence-corrected chi connectivity index (χ0v) is 14.2. The first kappa shape index (κ1) is 16.1. The molecule has 0 aromatic rings. The fraction of sp³-hybridized carbons (Fsp3) is 0.933. The Bertz CT molecular complexity index is 340. The molecule has 0 radical (unpaired) electrons. The fourth-order valence-electron chi connectivity index (χ4n) is 3.30. The van der Waals surface area contributed by atoms with Gasteiger partial charge < -0.3 is 9.80 Å². The Labute approximate surface area is 127 Å². The van der Waals surface area contributed by atoms with E-state index in [2.05, 4.69) is 42.6 Å². The minimum atomic E-state index is 0.301. The molecule has 4 nitrogen and oxygen atoms in total. The van der Waals surface area contributed by atoms with Gasteiger partial charge in [0.05, 0.1) is 5.75 Å². The molecule has 0 aliphatic carbocycles. The number of rotatable bonds is 3. The molecule has 2 saturated heterocycles. The number of nitrogens with zero attached hydrogens (tertiary/aromatic N) is 3. The van der Waals surface area contributed by atoms with E-state index in [1.165, 1.54) is 0 Å². The van der Waals surface area contributed by atoms with Gasteiger partial charge in [-0.3, -0.25) is 9.69 Å². The zero-order valence-electron chi connectivity index (χ0n) is 13.4. The number of carbonyl (C=O) groups excluding carboxylic acids is 1. The van der Waals surface area contributed by atoms with E-state index < -0.39 is 0 Å². The monoisotopic (exact) mass is 299 g/mol. The highest BCUT2D eigenvalue weighted by Crippen LogP contribution is 2.31. The van der Waals surface area contributed by atoms with Crippen molar-refractivity contribution in [3.8, 4) is 0 Å². The summed E-state index contributed by atoms with van der Waals surface area (Å²) in [4.78, 5) is 19.2. The molecule has 20 heavy (non-hydrogen) atoms. The molecule has 0 aromatic carbocycles. The van der Waals surface area contributed by atoms with Gasteiger partial charge in [-0.25, -0.2) is 0 Å². The van der Waals surface area contributed by atoms with Crippen molar-refractivity contribution in [2.45, 2.75) is 37.5 Å². The van der Waals surface area contributed by atoms with Crippen LogP contribution in [0.2, 0.25) is 0 Å². The number of piperazine rings is 1. The number of thioether (sulfide) groups is 1. The summed E-state index contributed by atoms with van der Waals surface area (Å²) in [5, 5.41) is 0.535. The normalized spacial score (nSPS) is 24.6. The van der Waals surface area contributed by atoms with Crippen molar-refractivity contribution in [3.63, 3.8) is 0 Å². The summed E-state index contributed by atoms with van der Waals surface area (Å²) < 4.78 is 0. The lowest BCUT2D eigenvalue weighted by atomic mass is 9.84. The molecule has 2 aliphatic rings. The van der Waals surface area contributed by atoms with Crippen LogP contribution in [0.15, 0.2) is 0 Å². The molecule has 116 valence electrons. The van der Waals surface area contributed by atoms with Gasteiger partial charge >= 0.3 is 0 Å². The van der Waals surface area contributed by atoms with Gasteiger partial charge in [-0.05, 0) is 32.2 Å². The van der Waals surface area contributed by atoms with Crippen LogP contribution in [0.5, 0.6) is 0 Å². The predicted molar refractivity (Wildman–Crippen MR) is 86.3 cm³/mol. The predicted octanol–water partition coefficient (Wildman–Crippen LogP) is 1.37. The Kier molecular flexibility index (Phi) is 5.37. The Morgan fingerprint density at radius 2 is 1.80 bits per heavy atom. The van der Waals surface area contributed by atoms with Crippen molar-refractivity contribution in [2.24, 2.45) is 0 Å². The second-order valence-electron chi connectivity index (χ2n) is 6.62. The van der Waals surface area contributed by atoms with Gasteiger partial charge in [0.15, 0.2) is 0 Å². The van der Waals surface area contributed by atoms with E-state index >= 15 is 0 Å². The highest BCUT2D eigenvalue weighted by Gasteiger charge is 2.41. The van der Waals surface area contributed by atoms with E-state index in [0.29, 0.717) is 22.4 Å². The first-order valence-electron chi connectivity index (χ1n) is 7.72. The van der Waals surface area contributed by atoms with Crippen molar-refractivity contribution < 1.29 is 4.79 Å². The molecule has 0 bridgehead atoms. The van der Waals surface area contributed by atoms with Crippen LogP contribution in [-0.2, 0) is 4.79 Å². The maximum atomic E-state index is 12.2. The third kappa shape index (κ3) is 3.68. The highest BCUT2D eigenvalue weighted by atomic mass is 32.2. The fourth-order valence-corrected chi connectivity index (χ4v) is 3.96. The maximum absolute atomic E-state index is 12.2. The number of hydrogen-bond donors (Lipinski definition) is 0. The van der Waals surface area contributed by atoms with Gasteiger partial charge in [0.25, 0.3) is 0 Å². The first-order chi connectivity index (χ1) is 9.43. The van der Waals surface area contributed by atoms with Gasteiger partial charge in [-0.15, -0.1) is 11.8 Å². The summed E-state index contributed by atoms with van der Waals surface area (Å²) in [6.07, 6.45) is 2.23. The lowest BCUT2D eigenvalue weighted by Gasteiger charge is -2.52. The van der Waals surface area contributed by atoms with Crippen molar-refractivity contribution in [1.29, 1.82) is 0 Å². The van der Waals surface area contributed by atoms with E-state index in [1.54, 1.807) is 11.8 Å². The number of likely N-dealkylation sites (tertiary alicyclic amines) is 1. The summed E-state index contributed by atoms with van der Waals surface area (Å²) in [6, 6.07) is 0. The van der Waals surface area contributed by atoms with Gasteiger partial charge in [0.1, 0.15) is 0 Å². The van der Waals surface area contributed by atoms with E-state index in [1.807, 2.05) is 0 Å². The van der Waals surface area contributed by atoms with Crippen LogP contribution in [0.4, 0.5) is 0 Å². The molecule has 0 aromatic heterocycles. The molecule has 2 rings (SSSR count). The molecule has 0 atom stereocenters. The number of amides is 1. The SMILES string of the molecule is CC(C)SCC(=O)N1CCC2(CC1)CN(C)CCN2C. The lowest BCUT2D eigenvalue weighted by Crippen LogP contribution is -2.64. The van der Waals surface area contributed by atoms with E-state index in [-0.39, 0.29) is 0 Å². The minimum absolute atomic E-state index is 0.301. The van der Waals surface area contributed by atoms with E-state index in [0.717, 1.165) is 45.6 Å². The summed E-state index contributed by atoms with van der Waals surface area (Å²) in [5.74, 6) is 0.964. The Morgan fingerprint density at radius 3 is 2.40 bits per heavy atom. The number of piperidine rings is 1. The summed E-state index contributed by atoms with van der Waals surface area (Å²) in [7, 11) is 4.46. The Morgan fingerprint density at radius 1 is 1.15 bits per heavy atom. The molecule has 0 N–H and O–H groups in total. The van der Waals surface area contributed by atoms with Gasteiger partial charge in [0, 0.05) is 38.3 Å². The third-order valence-corrected chi connectivity index (χ3v) is 5.86. The third-order valence-electron chi connectivity index (χ3n) is 4.78. The van der Waals surface area contributed by atoms with Crippen LogP contribution in [0.1, 0.15) is 26.7 Å². The van der Waals surface area contributed by atoms with Gasteiger partial charge in [-0.1, -0.05) is 13.8 Å². The first-order valence-corrected chi connectivity index (χ1v) is 8.77. The quantitative estimate of drug-likeness (QED) is 0.786. The van der Waals surface area contributed by atoms with E-state index in [9.17, 15) is 4.79 Å². The number of carbonyl (C=O) groups is 1. The largest absolute Gasteiger partial charge is 0.342 e. The van der Waals surface area contributed by atoms with Crippen molar-refractivity contribution in [3.05, 3.63) is 0 Å². The van der Waals surface area contributed by atoms with Crippen molar-refractivity contribution >= 4 is 17.7 Å². The van der Waals surface area contributed by atoms with Crippen LogP contribution >= 0.6 is 11.8 Å². The molecule has 1 amide bonds. The average molecular weight is 299 g/mol. The van der Waals surface area contributed by atoms with Crippen LogP contribution in [-0.4, -0.2) is 84.0 Å². The standard InChI is InChI=1S/C15H29N3OS/c1-13(2)20-11-14(19)18-7-5-15(6-8-18)12-16(3)9-10-17(15)4/h13H,5-12H2,1-4H3. The van der Waals surface area contributed by atoms with Crippen molar-refractivity contribution in [2.75, 3.05) is 52.6 Å². The molecule has 5 heteroatoms. The van der Waals surface area contributed by atoms with Crippen LogP contribution in [0.25, 0.3) is 0 Å². The lowest BCUT2D eigenvalue weighted by molar-refractivity contribution is -0.131. The maximum Gasteiger partial charge on any atom is 0.232 e. The number of hydrogen-bond acceptors (Lipinski definition) is 4. The van der Waals surface area contributed by atoms with Crippen LogP contribution in [0, 0.1) is 0 Å². The van der Waals surface area contributed by atoms with E-state index in [4.69, 9.17) is 0 Å². The van der Waals surface area contributed by atoms with Crippen LogP contribution < -0.4 is 0 Å². The molecular formula is C15H29N3OS. The average Bonchev–Trinajstić information content (AvgIpc) is 2.41. The second kappa shape index (κ2) is 6.67. The zero-order chi connectivity index (χ0) is 14.8. The van der Waals surface area contributed by atoms with Gasteiger partial charge in [-0.2, -0.15) is 0 Å². The summed E-state index contributed by atoms with van der Waals surface area (Å²) in [6.45, 7) is 9.60. The van der Waals surface area contributed by atoms with Crippen LogP contribution in [0.3, 0.4) is 0 Å². The molecule has 0 saturated carbocycles. The number of likely N-dealkylation sites (N-methyl/N-ethyl adjacent to an activating group) is 2. The molecule has 0 unspecified atom stereocenters. The molecule has 2 heterocycles. The molecule has 1 spiro atoms. The molecule has 2 fully saturated rings. The topological polar surface area (TPSA) is 26.8 Å². The smallest absolute Gasteiger partial charge is 0.232 e. The second-order valence-corrected chi connectivity index (χ2v) is 8.19. The minimum Gasteiger partial charge on any atom is -0.342 e. The summed E-state index contributed by atoms with van der Waals surface area (Å²) >= 11 is 1.75. The highest BCUT2D eigenvalue weighted by molar-refractivity contribution is 8.00. The summed E-state index contributed by atoms with van der Waals surface area (Å²) in [5.41, 5.74) is 0.301. The Balaban J connectivity index is 1.86. The van der Waals surface area contributed by atoms with Crippen molar-refractivity contribution in [1.82, 2.24) is 14.7 Å². The Hall–Kier alpha value is -0.260. The van der Waals surface area contributed by atoms with Gasteiger partial charge in [0.2, 0.25) is 5.91 Å². The molecular weight excluding hydrogens is 270 g/mol. The molecule has 2 aliphatic heterocycles.